The summed E-state index contributed by atoms with van der Waals surface area (Å²) in [4.78, 5) is 23.1. The van der Waals surface area contributed by atoms with Crippen LogP contribution in [0.15, 0.2) is 67.0 Å². The molecule has 28 heavy (non-hydrogen) atoms. The molecule has 2 amide bonds. The average molecular weight is 375 g/mol. The second-order valence-corrected chi connectivity index (χ2v) is 6.65. The van der Waals surface area contributed by atoms with Crippen LogP contribution >= 0.6 is 0 Å². The number of pyridine rings is 2. The molecule has 0 fully saturated rings. The zero-order valence-corrected chi connectivity index (χ0v) is 16.2. The Balaban J connectivity index is 1.56. The smallest absolute Gasteiger partial charge is 0.319 e. The highest BCUT2D eigenvalue weighted by molar-refractivity contribution is 5.89. The molecule has 0 atom stereocenters. The SMILES string of the molecule is Cc1ccc(NC(=O)NCc2cccnc2N(C)CCc2ccccn2)cc1. The Morgan fingerprint density at radius 3 is 2.54 bits per heavy atom. The highest BCUT2D eigenvalue weighted by Crippen LogP contribution is 2.16. The summed E-state index contributed by atoms with van der Waals surface area (Å²) < 4.78 is 0. The normalized spacial score (nSPS) is 10.4. The number of carbonyl (C=O) groups is 1. The summed E-state index contributed by atoms with van der Waals surface area (Å²) in [7, 11) is 2.00. The summed E-state index contributed by atoms with van der Waals surface area (Å²) in [6, 6.07) is 17.2. The molecule has 0 saturated carbocycles. The molecule has 2 N–H and O–H groups in total. The molecule has 0 bridgehead atoms. The third-order valence-electron chi connectivity index (χ3n) is 4.41. The van der Waals surface area contributed by atoms with E-state index in [1.165, 1.54) is 0 Å². The Hall–Kier alpha value is -3.41. The summed E-state index contributed by atoms with van der Waals surface area (Å²) in [6.07, 6.45) is 4.40. The molecular weight excluding hydrogens is 350 g/mol. The van der Waals surface area contributed by atoms with Crippen LogP contribution in [-0.2, 0) is 13.0 Å². The van der Waals surface area contributed by atoms with Crippen molar-refractivity contribution in [2.75, 3.05) is 23.8 Å². The second-order valence-electron chi connectivity index (χ2n) is 6.65. The van der Waals surface area contributed by atoms with Gasteiger partial charge < -0.3 is 15.5 Å². The number of hydrogen-bond donors (Lipinski definition) is 2. The number of nitrogens with one attached hydrogen (secondary N) is 2. The van der Waals surface area contributed by atoms with E-state index in [1.807, 2.05) is 68.6 Å². The number of benzene rings is 1. The highest BCUT2D eigenvalue weighted by atomic mass is 16.2. The Bertz CT molecular complexity index is 896. The molecule has 0 aliphatic heterocycles. The highest BCUT2D eigenvalue weighted by Gasteiger charge is 2.10. The first kappa shape index (κ1) is 19.4. The van der Waals surface area contributed by atoms with Gasteiger partial charge in [-0.2, -0.15) is 0 Å². The minimum atomic E-state index is -0.241. The molecule has 3 aromatic rings. The Morgan fingerprint density at radius 1 is 1.00 bits per heavy atom. The third-order valence-corrected chi connectivity index (χ3v) is 4.41. The number of hydrogen-bond acceptors (Lipinski definition) is 4. The quantitative estimate of drug-likeness (QED) is 0.659. The van der Waals surface area contributed by atoms with Crippen molar-refractivity contribution in [1.82, 2.24) is 15.3 Å². The summed E-state index contributed by atoms with van der Waals surface area (Å²) in [6.45, 7) is 3.20. The van der Waals surface area contributed by atoms with Crippen LogP contribution in [0.5, 0.6) is 0 Å². The standard InChI is InChI=1S/C22H25N5O/c1-17-8-10-20(11-9-17)26-22(28)25-16-18-6-5-14-24-21(18)27(2)15-12-19-7-3-4-13-23-19/h3-11,13-14H,12,15-16H2,1-2H3,(H2,25,26,28). The molecule has 0 unspecified atom stereocenters. The predicted octanol–water partition coefficient (Wildman–Crippen LogP) is 3.79. The van der Waals surface area contributed by atoms with Crippen LogP contribution in [0.4, 0.5) is 16.3 Å². The number of likely N-dealkylation sites (N-methyl/N-ethyl adjacent to an activating group) is 1. The first-order chi connectivity index (χ1) is 13.6. The molecule has 0 radical (unpaired) electrons. The van der Waals surface area contributed by atoms with E-state index in [2.05, 4.69) is 25.5 Å². The molecule has 6 heteroatoms. The number of rotatable bonds is 7. The van der Waals surface area contributed by atoms with Crippen molar-refractivity contribution in [2.24, 2.45) is 0 Å². The van der Waals surface area contributed by atoms with Crippen molar-refractivity contribution in [2.45, 2.75) is 19.9 Å². The number of urea groups is 1. The molecular formula is C22H25N5O. The van der Waals surface area contributed by atoms with Crippen LogP contribution in [0.25, 0.3) is 0 Å². The molecule has 2 heterocycles. The minimum Gasteiger partial charge on any atom is -0.359 e. The van der Waals surface area contributed by atoms with E-state index in [0.29, 0.717) is 6.54 Å². The zero-order chi connectivity index (χ0) is 19.8. The van der Waals surface area contributed by atoms with Gasteiger partial charge >= 0.3 is 6.03 Å². The Morgan fingerprint density at radius 2 is 1.79 bits per heavy atom. The van der Waals surface area contributed by atoms with Crippen LogP contribution in [0, 0.1) is 6.92 Å². The lowest BCUT2D eigenvalue weighted by Crippen LogP contribution is -2.30. The fourth-order valence-electron chi connectivity index (χ4n) is 2.83. The largest absolute Gasteiger partial charge is 0.359 e. The van der Waals surface area contributed by atoms with Gasteiger partial charge in [-0.15, -0.1) is 0 Å². The molecule has 2 aromatic heterocycles. The number of nitrogens with zero attached hydrogens (tertiary/aromatic N) is 3. The number of anilines is 2. The van der Waals surface area contributed by atoms with Crippen LogP contribution in [0.1, 0.15) is 16.8 Å². The summed E-state index contributed by atoms with van der Waals surface area (Å²) in [5.74, 6) is 0.856. The van der Waals surface area contributed by atoms with Gasteiger partial charge in [0.2, 0.25) is 0 Å². The summed E-state index contributed by atoms with van der Waals surface area (Å²) in [5.41, 5.74) is 3.93. The lowest BCUT2D eigenvalue weighted by atomic mass is 10.2. The van der Waals surface area contributed by atoms with E-state index in [0.717, 1.165) is 41.3 Å². The van der Waals surface area contributed by atoms with Crippen LogP contribution in [0.3, 0.4) is 0 Å². The van der Waals surface area contributed by atoms with Gasteiger partial charge in [0.15, 0.2) is 0 Å². The third kappa shape index (κ3) is 5.54. The Labute approximate surface area is 165 Å². The maximum atomic E-state index is 12.2. The van der Waals surface area contributed by atoms with E-state index in [9.17, 15) is 4.79 Å². The number of carbonyl (C=O) groups excluding carboxylic acids is 1. The van der Waals surface area contributed by atoms with E-state index < -0.39 is 0 Å². The maximum absolute atomic E-state index is 12.2. The average Bonchev–Trinajstić information content (AvgIpc) is 2.73. The second kappa shape index (κ2) is 9.50. The van der Waals surface area contributed by atoms with Gasteiger partial charge in [0.25, 0.3) is 0 Å². The van der Waals surface area contributed by atoms with Gasteiger partial charge in [-0.25, -0.2) is 9.78 Å². The van der Waals surface area contributed by atoms with E-state index in [1.54, 1.807) is 12.4 Å². The minimum absolute atomic E-state index is 0.241. The van der Waals surface area contributed by atoms with Crippen molar-refractivity contribution < 1.29 is 4.79 Å². The molecule has 1 aromatic carbocycles. The lowest BCUT2D eigenvalue weighted by molar-refractivity contribution is 0.251. The van der Waals surface area contributed by atoms with E-state index in [-0.39, 0.29) is 6.03 Å². The monoisotopic (exact) mass is 375 g/mol. The van der Waals surface area contributed by atoms with Crippen LogP contribution in [0.2, 0.25) is 0 Å². The van der Waals surface area contributed by atoms with Gasteiger partial charge in [-0.1, -0.05) is 29.8 Å². The summed E-state index contributed by atoms with van der Waals surface area (Å²) in [5, 5.41) is 5.74. The fourth-order valence-corrected chi connectivity index (χ4v) is 2.83. The van der Waals surface area contributed by atoms with E-state index >= 15 is 0 Å². The van der Waals surface area contributed by atoms with Crippen LogP contribution < -0.4 is 15.5 Å². The molecule has 0 aliphatic rings. The van der Waals surface area contributed by atoms with Gasteiger partial charge in [0, 0.05) is 55.9 Å². The van der Waals surface area contributed by atoms with Gasteiger partial charge in [0.05, 0.1) is 0 Å². The maximum Gasteiger partial charge on any atom is 0.319 e. The first-order valence-corrected chi connectivity index (χ1v) is 9.28. The fraction of sp³-hybridized carbons (Fsp3) is 0.227. The molecule has 144 valence electrons. The van der Waals surface area contributed by atoms with Crippen molar-refractivity contribution in [3.63, 3.8) is 0 Å². The molecule has 0 aliphatic carbocycles. The van der Waals surface area contributed by atoms with Crippen molar-refractivity contribution in [3.05, 3.63) is 83.8 Å². The van der Waals surface area contributed by atoms with Crippen LogP contribution in [-0.4, -0.2) is 29.6 Å². The predicted molar refractivity (Wildman–Crippen MR) is 112 cm³/mol. The number of aromatic nitrogens is 2. The van der Waals surface area contributed by atoms with Crippen molar-refractivity contribution in [1.29, 1.82) is 0 Å². The Kier molecular flexibility index (Phi) is 6.57. The molecule has 0 spiro atoms. The molecule has 6 nitrogen and oxygen atoms in total. The van der Waals surface area contributed by atoms with E-state index in [4.69, 9.17) is 0 Å². The molecule has 3 rings (SSSR count). The topological polar surface area (TPSA) is 70.2 Å². The number of aryl methyl sites for hydroxylation is 1. The first-order valence-electron chi connectivity index (χ1n) is 9.28. The lowest BCUT2D eigenvalue weighted by Gasteiger charge is -2.21. The van der Waals surface area contributed by atoms with Crippen molar-refractivity contribution in [3.8, 4) is 0 Å². The summed E-state index contributed by atoms with van der Waals surface area (Å²) >= 11 is 0. The molecule has 0 saturated heterocycles. The zero-order valence-electron chi connectivity index (χ0n) is 16.2. The van der Waals surface area contributed by atoms with Gasteiger partial charge in [-0.05, 0) is 37.3 Å². The van der Waals surface area contributed by atoms with Gasteiger partial charge in [0.1, 0.15) is 5.82 Å². The van der Waals surface area contributed by atoms with Gasteiger partial charge in [-0.3, -0.25) is 4.98 Å². The number of amides is 2. The van der Waals surface area contributed by atoms with Crippen molar-refractivity contribution >= 4 is 17.5 Å².